The summed E-state index contributed by atoms with van der Waals surface area (Å²) in [5.41, 5.74) is -5.83. The number of fused-ring (bicyclic) bond motifs is 5. The number of aliphatic hydroxyl groups excluding tert-OH is 1. The number of esters is 3. The maximum Gasteiger partial charge on any atom is 0.338 e. The van der Waals surface area contributed by atoms with E-state index in [1.54, 1.807) is 58.0 Å². The molecule has 4 aliphatic rings. The van der Waals surface area contributed by atoms with Gasteiger partial charge in [-0.15, -0.1) is 0 Å². The molecule has 0 aromatic heterocycles. The van der Waals surface area contributed by atoms with Gasteiger partial charge in [0.1, 0.15) is 17.8 Å². The van der Waals surface area contributed by atoms with Crippen LogP contribution in [0.3, 0.4) is 0 Å². The molecule has 1 aliphatic heterocycles. The predicted octanol–water partition coefficient (Wildman–Crippen LogP) is 2.31. The summed E-state index contributed by atoms with van der Waals surface area (Å²) >= 11 is 0. The van der Waals surface area contributed by atoms with Crippen molar-refractivity contribution in [3.63, 3.8) is 0 Å². The minimum absolute atomic E-state index is 0.136. The number of benzene rings is 1. The molecule has 2 unspecified atom stereocenters. The Morgan fingerprint density at radius 1 is 1.02 bits per heavy atom. The van der Waals surface area contributed by atoms with E-state index in [1.165, 1.54) is 21.0 Å². The maximum absolute atomic E-state index is 15.0. The van der Waals surface area contributed by atoms with Crippen LogP contribution in [-0.2, 0) is 38.1 Å². The topological polar surface area (TPSA) is 155 Å². The number of hydrogen-bond donors (Lipinski definition) is 2. The van der Waals surface area contributed by atoms with Gasteiger partial charge in [0.05, 0.1) is 35.7 Å². The number of carbonyl (C=O) groups excluding carboxylic acids is 4. The highest BCUT2D eigenvalue weighted by Gasteiger charge is 2.78. The molecule has 2 saturated carbocycles. The lowest BCUT2D eigenvalue weighted by atomic mass is 9.44. The third kappa shape index (κ3) is 4.38. The number of ketones is 1. The lowest BCUT2D eigenvalue weighted by Gasteiger charge is -2.67. The number of methoxy groups -OCH3 is 1. The average Bonchev–Trinajstić information content (AvgIpc) is 2.92. The van der Waals surface area contributed by atoms with Gasteiger partial charge in [-0.2, -0.15) is 0 Å². The fourth-order valence-corrected chi connectivity index (χ4v) is 8.23. The van der Waals surface area contributed by atoms with Crippen molar-refractivity contribution in [3.8, 4) is 0 Å². The zero-order valence-corrected chi connectivity index (χ0v) is 25.5. The quantitative estimate of drug-likeness (QED) is 0.291. The third-order valence-electron chi connectivity index (χ3n) is 10.5. The van der Waals surface area contributed by atoms with Crippen LogP contribution in [0.2, 0.25) is 0 Å². The molecule has 1 heterocycles. The van der Waals surface area contributed by atoms with Gasteiger partial charge in [-0.1, -0.05) is 32.0 Å². The molecule has 234 valence electrons. The first kappa shape index (κ1) is 31.3. The fourth-order valence-electron chi connectivity index (χ4n) is 8.23. The molecule has 3 fully saturated rings. The summed E-state index contributed by atoms with van der Waals surface area (Å²) in [5.74, 6) is -4.00. The van der Waals surface area contributed by atoms with Crippen molar-refractivity contribution in [2.75, 3.05) is 13.7 Å². The van der Waals surface area contributed by atoms with Crippen LogP contribution in [0.4, 0.5) is 0 Å². The van der Waals surface area contributed by atoms with E-state index in [0.717, 1.165) is 0 Å². The second-order valence-electron chi connectivity index (χ2n) is 13.0. The molecule has 1 aromatic rings. The van der Waals surface area contributed by atoms with Crippen molar-refractivity contribution >= 4 is 23.7 Å². The summed E-state index contributed by atoms with van der Waals surface area (Å²) < 4.78 is 29.9. The zero-order valence-electron chi connectivity index (χ0n) is 25.5. The summed E-state index contributed by atoms with van der Waals surface area (Å²) in [5, 5.41) is 24.3. The van der Waals surface area contributed by atoms with Gasteiger partial charge in [0, 0.05) is 39.2 Å². The van der Waals surface area contributed by atoms with Gasteiger partial charge in [-0.05, 0) is 37.1 Å². The SMILES string of the molecule is CO[C@H]1CC2OC[C@@]2(OC(C)=O)C2[C@H](OC(=O)c3ccccc3)[C@]3(O)C[C@H](O)C(C)=C([C@@H](OC(C)=O)C(=O)[C@@]21C)C3(C)C. The van der Waals surface area contributed by atoms with E-state index in [0.29, 0.717) is 5.57 Å². The normalized spacial score (nSPS) is 39.7. The van der Waals surface area contributed by atoms with Gasteiger partial charge >= 0.3 is 17.9 Å². The summed E-state index contributed by atoms with van der Waals surface area (Å²) in [4.78, 5) is 54.0. The van der Waals surface area contributed by atoms with Gasteiger partial charge in [-0.3, -0.25) is 14.4 Å². The predicted molar refractivity (Wildman–Crippen MR) is 150 cm³/mol. The number of carbonyl (C=O) groups is 4. The van der Waals surface area contributed by atoms with E-state index < -0.39 is 82.2 Å². The largest absolute Gasteiger partial charge is 0.455 e. The molecule has 2 N–H and O–H groups in total. The Hall–Kier alpha value is -3.12. The van der Waals surface area contributed by atoms with Crippen molar-refractivity contribution in [2.45, 2.75) is 96.1 Å². The number of aliphatic hydroxyl groups is 2. The van der Waals surface area contributed by atoms with Gasteiger partial charge in [0.2, 0.25) is 0 Å². The van der Waals surface area contributed by atoms with Crippen LogP contribution >= 0.6 is 0 Å². The molecule has 0 radical (unpaired) electrons. The maximum atomic E-state index is 15.0. The number of Topliss-reactive ketones (excluding diaryl/α,β-unsaturated/α-hetero) is 1. The van der Waals surface area contributed by atoms with Crippen molar-refractivity contribution < 1.29 is 53.1 Å². The first-order valence-electron chi connectivity index (χ1n) is 14.5. The highest BCUT2D eigenvalue weighted by atomic mass is 16.6. The minimum Gasteiger partial charge on any atom is -0.455 e. The number of ether oxygens (including phenoxy) is 5. The summed E-state index contributed by atoms with van der Waals surface area (Å²) in [7, 11) is 1.43. The molecule has 0 spiro atoms. The van der Waals surface area contributed by atoms with Crippen LogP contribution in [0.25, 0.3) is 0 Å². The Morgan fingerprint density at radius 2 is 1.67 bits per heavy atom. The average molecular weight is 601 g/mol. The summed E-state index contributed by atoms with van der Waals surface area (Å²) in [6.45, 7) is 8.83. The second kappa shape index (κ2) is 10.5. The summed E-state index contributed by atoms with van der Waals surface area (Å²) in [6.07, 6.45) is -6.10. The fraction of sp³-hybridized carbons (Fsp3) is 0.625. The third-order valence-corrected chi connectivity index (χ3v) is 10.5. The summed E-state index contributed by atoms with van der Waals surface area (Å²) in [6, 6.07) is 8.18. The van der Waals surface area contributed by atoms with E-state index in [-0.39, 0.29) is 30.6 Å². The van der Waals surface area contributed by atoms with Gasteiger partial charge < -0.3 is 33.9 Å². The number of hydrogen-bond acceptors (Lipinski definition) is 11. The van der Waals surface area contributed by atoms with E-state index in [2.05, 4.69) is 0 Å². The Bertz CT molecular complexity index is 1370. The molecule has 1 saturated heterocycles. The smallest absolute Gasteiger partial charge is 0.338 e. The zero-order chi connectivity index (χ0) is 31.7. The molecule has 9 atom stereocenters. The van der Waals surface area contributed by atoms with Crippen LogP contribution < -0.4 is 0 Å². The molecule has 0 amide bonds. The molecule has 11 nitrogen and oxygen atoms in total. The van der Waals surface area contributed by atoms with E-state index in [9.17, 15) is 24.6 Å². The van der Waals surface area contributed by atoms with Gasteiger partial charge in [0.15, 0.2) is 17.5 Å². The van der Waals surface area contributed by atoms with Crippen molar-refractivity contribution in [2.24, 2.45) is 16.7 Å². The molecule has 1 aromatic carbocycles. The second-order valence-corrected chi connectivity index (χ2v) is 13.0. The van der Waals surface area contributed by atoms with Crippen molar-refractivity contribution in [3.05, 3.63) is 47.0 Å². The van der Waals surface area contributed by atoms with Crippen molar-refractivity contribution in [1.29, 1.82) is 0 Å². The lowest BCUT2D eigenvalue weighted by Crippen LogP contribution is -2.82. The van der Waals surface area contributed by atoms with Crippen LogP contribution in [-0.4, -0.2) is 89.3 Å². The Morgan fingerprint density at radius 3 is 2.21 bits per heavy atom. The highest BCUT2D eigenvalue weighted by Crippen LogP contribution is 2.64. The number of rotatable bonds is 5. The molecular formula is C32H40O11. The van der Waals surface area contributed by atoms with Crippen molar-refractivity contribution in [1.82, 2.24) is 0 Å². The molecular weight excluding hydrogens is 560 g/mol. The van der Waals surface area contributed by atoms with Gasteiger partial charge in [-0.25, -0.2) is 4.79 Å². The molecule has 43 heavy (non-hydrogen) atoms. The Labute approximate surface area is 250 Å². The van der Waals surface area contributed by atoms with Crippen LogP contribution in [0.15, 0.2) is 41.5 Å². The molecule has 2 bridgehead atoms. The van der Waals surface area contributed by atoms with E-state index in [4.69, 9.17) is 23.7 Å². The van der Waals surface area contributed by atoms with Crippen LogP contribution in [0.5, 0.6) is 0 Å². The first-order valence-corrected chi connectivity index (χ1v) is 14.5. The van der Waals surface area contributed by atoms with E-state index in [1.807, 2.05) is 0 Å². The Kier molecular flexibility index (Phi) is 7.65. The van der Waals surface area contributed by atoms with Crippen LogP contribution in [0, 0.1) is 16.7 Å². The lowest BCUT2D eigenvalue weighted by molar-refractivity contribution is -0.347. The van der Waals surface area contributed by atoms with E-state index >= 15 is 4.79 Å². The molecule has 3 aliphatic carbocycles. The standard InChI is InChI=1S/C32H40O11/c1-16-20(35)14-32(38)27(42-28(37)19-11-9-8-10-12-19)25-30(6,26(36)24(41-17(2)33)23(16)29(32,4)5)21(39-7)13-22-31(25,15-40-22)43-18(3)34/h8-12,20-22,24-25,27,35,38H,13-15H2,1-7H3/t20-,21-,22?,24+,25?,27-,30+,31-,32+/m0/s1. The highest BCUT2D eigenvalue weighted by molar-refractivity contribution is 5.95. The van der Waals surface area contributed by atoms with Crippen LogP contribution in [0.1, 0.15) is 64.7 Å². The molecule has 11 heteroatoms. The molecule has 5 rings (SSSR count). The minimum atomic E-state index is -2.06. The monoisotopic (exact) mass is 600 g/mol. The Balaban J connectivity index is 1.86. The van der Waals surface area contributed by atoms with Gasteiger partial charge in [0.25, 0.3) is 0 Å². The first-order chi connectivity index (χ1) is 20.1.